The Morgan fingerprint density at radius 1 is 1.43 bits per heavy atom. The normalized spacial score (nSPS) is 21.8. The van der Waals surface area contributed by atoms with Gasteiger partial charge < -0.3 is 5.32 Å². The van der Waals surface area contributed by atoms with Crippen LogP contribution in [0, 0.1) is 0 Å². The van der Waals surface area contributed by atoms with Gasteiger partial charge in [-0.1, -0.05) is 25.5 Å². The first-order chi connectivity index (χ1) is 10.3. The minimum absolute atomic E-state index is 0.0420. The molecule has 1 aliphatic rings. The lowest BCUT2D eigenvalue weighted by Crippen LogP contribution is -2.43. The van der Waals surface area contributed by atoms with Crippen LogP contribution in [-0.4, -0.2) is 23.0 Å². The molecule has 0 bridgehead atoms. The minimum Gasteiger partial charge on any atom is -0.348 e. The zero-order chi connectivity index (χ0) is 14.7. The Morgan fingerprint density at radius 2 is 2.29 bits per heavy atom. The van der Waals surface area contributed by atoms with Gasteiger partial charge in [-0.15, -0.1) is 11.3 Å². The summed E-state index contributed by atoms with van der Waals surface area (Å²) in [6.45, 7) is 2.65. The second-order valence-electron chi connectivity index (χ2n) is 5.36. The van der Waals surface area contributed by atoms with Crippen molar-refractivity contribution in [3.8, 4) is 0 Å². The zero-order valence-corrected chi connectivity index (χ0v) is 12.9. The molecule has 1 fully saturated rings. The molecule has 0 aliphatic carbocycles. The minimum atomic E-state index is -0.143. The Bertz CT molecular complexity index is 594. The first-order valence-corrected chi connectivity index (χ1v) is 8.21. The van der Waals surface area contributed by atoms with Gasteiger partial charge in [0, 0.05) is 6.04 Å². The fraction of sp³-hybridized carbons (Fsp3) is 0.467. The Labute approximate surface area is 128 Å². The third-order valence-corrected chi connectivity index (χ3v) is 4.72. The maximum absolute atomic E-state index is 12.1. The number of carbonyl (C=O) groups excluding carboxylic acids is 1. The number of nitrogens with one attached hydrogen (secondary N) is 3. The molecular weight excluding hydrogens is 284 g/mol. The van der Waals surface area contributed by atoms with Crippen LogP contribution in [0.15, 0.2) is 24.3 Å². The molecule has 0 radical (unpaired) electrons. The van der Waals surface area contributed by atoms with Crippen molar-refractivity contribution in [1.29, 1.82) is 0 Å². The second kappa shape index (κ2) is 6.51. The summed E-state index contributed by atoms with van der Waals surface area (Å²) in [6, 6.07) is 8.28. The standard InChI is InChI=1S/C15H20N4OS/c1-2-5-10-8-12(19-18-10)15(20)16-9-14-17-11-6-3-4-7-13(11)21-14/h3-4,6-7,10,12,18-19H,2,5,8-9H2,1H3,(H,16,20). The zero-order valence-electron chi connectivity index (χ0n) is 12.1. The summed E-state index contributed by atoms with van der Waals surface area (Å²) in [6.07, 6.45) is 3.06. The number of amides is 1. The van der Waals surface area contributed by atoms with Crippen molar-refractivity contribution in [2.24, 2.45) is 0 Å². The lowest BCUT2D eigenvalue weighted by atomic mass is 10.1. The maximum Gasteiger partial charge on any atom is 0.238 e. The largest absolute Gasteiger partial charge is 0.348 e. The Balaban J connectivity index is 1.54. The molecule has 1 amide bonds. The van der Waals surface area contributed by atoms with Gasteiger partial charge in [0.1, 0.15) is 11.0 Å². The van der Waals surface area contributed by atoms with E-state index in [-0.39, 0.29) is 11.9 Å². The molecule has 5 nitrogen and oxygen atoms in total. The highest BCUT2D eigenvalue weighted by atomic mass is 32.1. The third-order valence-electron chi connectivity index (χ3n) is 3.69. The molecule has 3 N–H and O–H groups in total. The molecule has 3 rings (SSSR count). The van der Waals surface area contributed by atoms with Gasteiger partial charge in [0.05, 0.1) is 16.8 Å². The van der Waals surface area contributed by atoms with Crippen LogP contribution in [0.1, 0.15) is 31.2 Å². The number of nitrogens with zero attached hydrogens (tertiary/aromatic N) is 1. The smallest absolute Gasteiger partial charge is 0.238 e. The van der Waals surface area contributed by atoms with Gasteiger partial charge in [-0.05, 0) is 25.0 Å². The SMILES string of the molecule is CCCC1CC(C(=O)NCc2nc3ccccc3s2)NN1. The van der Waals surface area contributed by atoms with E-state index in [1.165, 1.54) is 0 Å². The van der Waals surface area contributed by atoms with Crippen molar-refractivity contribution >= 4 is 27.5 Å². The number of benzene rings is 1. The van der Waals surface area contributed by atoms with Gasteiger partial charge in [0.2, 0.25) is 5.91 Å². The van der Waals surface area contributed by atoms with Crippen LogP contribution in [0.3, 0.4) is 0 Å². The molecule has 2 atom stereocenters. The molecule has 6 heteroatoms. The summed E-state index contributed by atoms with van der Waals surface area (Å²) in [4.78, 5) is 16.7. The average molecular weight is 304 g/mol. The van der Waals surface area contributed by atoms with Crippen LogP contribution >= 0.6 is 11.3 Å². The molecule has 0 spiro atoms. The van der Waals surface area contributed by atoms with Crippen LogP contribution in [0.25, 0.3) is 10.2 Å². The number of para-hydroxylation sites is 1. The van der Waals surface area contributed by atoms with Gasteiger partial charge in [-0.25, -0.2) is 10.4 Å². The van der Waals surface area contributed by atoms with E-state index in [1.807, 2.05) is 18.2 Å². The number of thiazole rings is 1. The number of fused-ring (bicyclic) bond motifs is 1. The first kappa shape index (κ1) is 14.4. The highest BCUT2D eigenvalue weighted by molar-refractivity contribution is 7.18. The van der Waals surface area contributed by atoms with Gasteiger partial charge in [0.15, 0.2) is 0 Å². The van der Waals surface area contributed by atoms with Crippen LogP contribution in [0.2, 0.25) is 0 Å². The molecule has 1 aromatic carbocycles. The van der Waals surface area contributed by atoms with E-state index in [2.05, 4.69) is 34.1 Å². The monoisotopic (exact) mass is 304 g/mol. The Morgan fingerprint density at radius 3 is 3.10 bits per heavy atom. The van der Waals surface area contributed by atoms with E-state index in [0.717, 1.165) is 34.5 Å². The molecule has 2 unspecified atom stereocenters. The topological polar surface area (TPSA) is 66.0 Å². The lowest BCUT2D eigenvalue weighted by molar-refractivity contribution is -0.123. The molecule has 21 heavy (non-hydrogen) atoms. The quantitative estimate of drug-likeness (QED) is 0.790. The number of hydrazine groups is 1. The van der Waals surface area contributed by atoms with Crippen molar-refractivity contribution in [3.63, 3.8) is 0 Å². The maximum atomic E-state index is 12.1. The van der Waals surface area contributed by atoms with E-state index in [4.69, 9.17) is 0 Å². The third kappa shape index (κ3) is 3.40. The highest BCUT2D eigenvalue weighted by Crippen LogP contribution is 2.21. The summed E-state index contributed by atoms with van der Waals surface area (Å²) in [5.41, 5.74) is 7.26. The number of aromatic nitrogens is 1. The summed E-state index contributed by atoms with van der Waals surface area (Å²) in [7, 11) is 0. The number of hydrogen-bond acceptors (Lipinski definition) is 5. The molecule has 1 aliphatic heterocycles. The van der Waals surface area contributed by atoms with Crippen molar-refractivity contribution < 1.29 is 4.79 Å². The van der Waals surface area contributed by atoms with E-state index in [9.17, 15) is 4.79 Å². The predicted octanol–water partition coefficient (Wildman–Crippen LogP) is 1.95. The predicted molar refractivity (Wildman–Crippen MR) is 84.8 cm³/mol. The number of rotatable bonds is 5. The number of hydrogen-bond donors (Lipinski definition) is 3. The highest BCUT2D eigenvalue weighted by Gasteiger charge is 2.28. The fourth-order valence-corrected chi connectivity index (χ4v) is 3.52. The van der Waals surface area contributed by atoms with Crippen molar-refractivity contribution in [3.05, 3.63) is 29.3 Å². The molecule has 2 aromatic rings. The van der Waals surface area contributed by atoms with Crippen LogP contribution < -0.4 is 16.2 Å². The molecular formula is C15H20N4OS. The van der Waals surface area contributed by atoms with Crippen LogP contribution in [-0.2, 0) is 11.3 Å². The fourth-order valence-electron chi connectivity index (χ4n) is 2.61. The first-order valence-electron chi connectivity index (χ1n) is 7.39. The van der Waals surface area contributed by atoms with E-state index < -0.39 is 0 Å². The van der Waals surface area contributed by atoms with E-state index in [1.54, 1.807) is 11.3 Å². The van der Waals surface area contributed by atoms with Gasteiger partial charge in [-0.3, -0.25) is 10.2 Å². The van der Waals surface area contributed by atoms with Gasteiger partial charge >= 0.3 is 0 Å². The summed E-state index contributed by atoms with van der Waals surface area (Å²) >= 11 is 1.63. The Kier molecular flexibility index (Phi) is 4.48. The molecule has 112 valence electrons. The summed E-state index contributed by atoms with van der Waals surface area (Å²) in [5, 5.41) is 3.92. The van der Waals surface area contributed by atoms with Crippen LogP contribution in [0.5, 0.6) is 0 Å². The molecule has 0 saturated carbocycles. The van der Waals surface area contributed by atoms with Crippen molar-refractivity contribution in [1.82, 2.24) is 21.2 Å². The van der Waals surface area contributed by atoms with Crippen molar-refractivity contribution in [2.75, 3.05) is 0 Å². The van der Waals surface area contributed by atoms with Crippen LogP contribution in [0.4, 0.5) is 0 Å². The summed E-state index contributed by atoms with van der Waals surface area (Å²) in [5.74, 6) is 0.0420. The lowest BCUT2D eigenvalue weighted by Gasteiger charge is -2.09. The molecule has 2 heterocycles. The summed E-state index contributed by atoms with van der Waals surface area (Å²) < 4.78 is 1.16. The van der Waals surface area contributed by atoms with Crippen molar-refractivity contribution in [2.45, 2.75) is 44.8 Å². The van der Waals surface area contributed by atoms with Gasteiger partial charge in [0.25, 0.3) is 0 Å². The Hall–Kier alpha value is -1.50. The average Bonchev–Trinajstić information content (AvgIpc) is 3.11. The van der Waals surface area contributed by atoms with Gasteiger partial charge in [-0.2, -0.15) is 0 Å². The van der Waals surface area contributed by atoms with E-state index in [0.29, 0.717) is 12.6 Å². The molecule has 1 aromatic heterocycles. The number of carbonyl (C=O) groups is 1. The second-order valence-corrected chi connectivity index (χ2v) is 6.47. The van der Waals surface area contributed by atoms with E-state index >= 15 is 0 Å². The molecule has 1 saturated heterocycles.